The Balaban J connectivity index is 2.69. The molecule has 1 atom stereocenters. The van der Waals surface area contributed by atoms with E-state index < -0.39 is 6.10 Å². The van der Waals surface area contributed by atoms with E-state index in [0.29, 0.717) is 17.9 Å². The average molecular weight is 288 g/mol. The average Bonchev–Trinajstić information content (AvgIpc) is 2.22. The molecule has 3 heteroatoms. The van der Waals surface area contributed by atoms with Crippen LogP contribution in [-0.4, -0.2) is 5.11 Å². The minimum atomic E-state index is -0.539. The Hall–Kier alpha value is -0.490. The van der Waals surface area contributed by atoms with Crippen LogP contribution in [0.4, 0.5) is 0 Å². The van der Waals surface area contributed by atoms with Crippen LogP contribution in [-0.2, 0) is 0 Å². The van der Waals surface area contributed by atoms with Crippen molar-refractivity contribution < 1.29 is 5.11 Å². The van der Waals surface area contributed by atoms with E-state index in [0.717, 1.165) is 16.5 Å². The van der Waals surface area contributed by atoms with Crippen LogP contribution >= 0.6 is 27.5 Å². The Labute approximate surface area is 104 Å². The van der Waals surface area contributed by atoms with Gasteiger partial charge in [0.15, 0.2) is 0 Å². The highest BCUT2D eigenvalue weighted by Gasteiger charge is 2.11. The molecule has 0 saturated carbocycles. The topological polar surface area (TPSA) is 20.2 Å². The van der Waals surface area contributed by atoms with Crippen molar-refractivity contribution in [3.05, 3.63) is 33.3 Å². The molecule has 0 amide bonds. The fourth-order valence-corrected chi connectivity index (χ4v) is 1.95. The third kappa shape index (κ3) is 3.87. The van der Waals surface area contributed by atoms with Crippen LogP contribution in [0.3, 0.4) is 0 Å². The zero-order chi connectivity index (χ0) is 11.3. The summed E-state index contributed by atoms with van der Waals surface area (Å²) in [4.78, 5) is 0. The van der Waals surface area contributed by atoms with Crippen LogP contribution in [0.1, 0.15) is 30.9 Å². The molecule has 0 radical (unpaired) electrons. The Morgan fingerprint density at radius 3 is 2.93 bits per heavy atom. The first-order chi connectivity index (χ1) is 7.15. The molecule has 80 valence electrons. The molecule has 0 aliphatic rings. The van der Waals surface area contributed by atoms with Crippen molar-refractivity contribution in [3.63, 3.8) is 0 Å². The Morgan fingerprint density at radius 2 is 2.27 bits per heavy atom. The number of terminal acetylenes is 1. The van der Waals surface area contributed by atoms with Gasteiger partial charge in [0.05, 0.1) is 6.10 Å². The molecule has 0 spiro atoms. The predicted octanol–water partition coefficient (Wildman–Crippen LogP) is 3.94. The summed E-state index contributed by atoms with van der Waals surface area (Å²) in [6.45, 7) is 0. The molecule has 1 nitrogen and oxygen atoms in total. The van der Waals surface area contributed by atoms with Gasteiger partial charge in [0, 0.05) is 21.5 Å². The lowest BCUT2D eigenvalue weighted by Crippen LogP contribution is -1.98. The van der Waals surface area contributed by atoms with Crippen LogP contribution in [0.2, 0.25) is 5.02 Å². The summed E-state index contributed by atoms with van der Waals surface area (Å²) in [5.41, 5.74) is 0.753. The highest BCUT2D eigenvalue weighted by atomic mass is 79.9. The minimum absolute atomic E-state index is 0.539. The highest BCUT2D eigenvalue weighted by Crippen LogP contribution is 2.29. The quantitative estimate of drug-likeness (QED) is 0.657. The molecule has 1 N–H and O–H groups in total. The Bertz CT molecular complexity index is 370. The summed E-state index contributed by atoms with van der Waals surface area (Å²) in [5.74, 6) is 2.55. The van der Waals surface area contributed by atoms with Gasteiger partial charge in [0.2, 0.25) is 0 Å². The molecule has 1 unspecified atom stereocenters. The summed E-state index contributed by atoms with van der Waals surface area (Å²) in [5, 5.41) is 10.5. The predicted molar refractivity (Wildman–Crippen MR) is 66.8 cm³/mol. The van der Waals surface area contributed by atoms with Gasteiger partial charge >= 0.3 is 0 Å². The van der Waals surface area contributed by atoms with Crippen LogP contribution in [0.15, 0.2) is 22.7 Å². The normalized spacial score (nSPS) is 12.1. The van der Waals surface area contributed by atoms with Crippen molar-refractivity contribution in [2.24, 2.45) is 0 Å². The SMILES string of the molecule is C#CCCCC(O)c1cc(Br)ccc1Cl. The second kappa shape index (κ2) is 6.17. The van der Waals surface area contributed by atoms with Crippen molar-refractivity contribution in [1.82, 2.24) is 0 Å². The van der Waals surface area contributed by atoms with E-state index in [1.54, 1.807) is 6.07 Å². The number of hydrogen-bond acceptors (Lipinski definition) is 1. The van der Waals surface area contributed by atoms with Crippen molar-refractivity contribution in [2.45, 2.75) is 25.4 Å². The largest absolute Gasteiger partial charge is 0.388 e. The smallest absolute Gasteiger partial charge is 0.0805 e. The van der Waals surface area contributed by atoms with Gasteiger partial charge < -0.3 is 5.11 Å². The molecule has 0 aliphatic carbocycles. The van der Waals surface area contributed by atoms with Gasteiger partial charge in [-0.15, -0.1) is 12.3 Å². The number of aliphatic hydroxyl groups is 1. The number of hydrogen-bond donors (Lipinski definition) is 1. The lowest BCUT2D eigenvalue weighted by atomic mass is 10.0. The molecule has 0 saturated heterocycles. The lowest BCUT2D eigenvalue weighted by molar-refractivity contribution is 0.165. The first kappa shape index (κ1) is 12.6. The maximum Gasteiger partial charge on any atom is 0.0805 e. The standard InChI is InChI=1S/C12H12BrClO/c1-2-3-4-5-12(15)10-8-9(13)6-7-11(10)14/h1,6-8,12,15H,3-5H2. The molecule has 1 rings (SSSR count). The molecule has 0 aromatic heterocycles. The monoisotopic (exact) mass is 286 g/mol. The van der Waals surface area contributed by atoms with Gasteiger partial charge in [0.1, 0.15) is 0 Å². The third-order valence-corrected chi connectivity index (χ3v) is 2.95. The van der Waals surface area contributed by atoms with Crippen LogP contribution in [0, 0.1) is 12.3 Å². The van der Waals surface area contributed by atoms with Crippen LogP contribution in [0.5, 0.6) is 0 Å². The lowest BCUT2D eigenvalue weighted by Gasteiger charge is -2.12. The van der Waals surface area contributed by atoms with Crippen molar-refractivity contribution in [1.29, 1.82) is 0 Å². The van der Waals surface area contributed by atoms with E-state index in [-0.39, 0.29) is 0 Å². The maximum absolute atomic E-state index is 9.88. The number of halogens is 2. The highest BCUT2D eigenvalue weighted by molar-refractivity contribution is 9.10. The van der Waals surface area contributed by atoms with Gasteiger partial charge in [0.25, 0.3) is 0 Å². The Kier molecular flexibility index (Phi) is 5.17. The van der Waals surface area contributed by atoms with Crippen LogP contribution < -0.4 is 0 Å². The van der Waals surface area contributed by atoms with Gasteiger partial charge in [-0.2, -0.15) is 0 Å². The number of aliphatic hydroxyl groups excluding tert-OH is 1. The van der Waals surface area contributed by atoms with Gasteiger partial charge in [-0.3, -0.25) is 0 Å². The van der Waals surface area contributed by atoms with Gasteiger partial charge in [-0.1, -0.05) is 27.5 Å². The summed E-state index contributed by atoms with van der Waals surface area (Å²) >= 11 is 9.33. The van der Waals surface area contributed by atoms with Crippen molar-refractivity contribution in [3.8, 4) is 12.3 Å². The fraction of sp³-hybridized carbons (Fsp3) is 0.333. The molecule has 15 heavy (non-hydrogen) atoms. The Morgan fingerprint density at radius 1 is 1.53 bits per heavy atom. The summed E-state index contributed by atoms with van der Waals surface area (Å²) in [6.07, 6.45) is 6.73. The molecule has 0 fully saturated rings. The first-order valence-corrected chi connectivity index (χ1v) is 5.88. The van der Waals surface area contributed by atoms with Crippen molar-refractivity contribution in [2.75, 3.05) is 0 Å². The molecule has 0 bridgehead atoms. The number of benzene rings is 1. The molecular weight excluding hydrogens is 275 g/mol. The summed E-state index contributed by atoms with van der Waals surface area (Å²) in [6, 6.07) is 5.45. The van der Waals surface area contributed by atoms with E-state index in [1.165, 1.54) is 0 Å². The first-order valence-electron chi connectivity index (χ1n) is 4.71. The number of rotatable bonds is 4. The van der Waals surface area contributed by atoms with E-state index >= 15 is 0 Å². The maximum atomic E-state index is 9.88. The van der Waals surface area contributed by atoms with Gasteiger partial charge in [-0.25, -0.2) is 0 Å². The fourth-order valence-electron chi connectivity index (χ4n) is 1.32. The van der Waals surface area contributed by atoms with E-state index in [1.807, 2.05) is 12.1 Å². The molecular formula is C12H12BrClO. The summed E-state index contributed by atoms with van der Waals surface area (Å²) in [7, 11) is 0. The van der Waals surface area contributed by atoms with E-state index in [2.05, 4.69) is 21.9 Å². The van der Waals surface area contributed by atoms with E-state index in [9.17, 15) is 5.11 Å². The molecule has 1 aromatic rings. The van der Waals surface area contributed by atoms with Crippen molar-refractivity contribution >= 4 is 27.5 Å². The molecule has 1 aromatic carbocycles. The van der Waals surface area contributed by atoms with Gasteiger partial charge in [-0.05, 0) is 31.0 Å². The summed E-state index contributed by atoms with van der Waals surface area (Å²) < 4.78 is 0.915. The molecule has 0 aliphatic heterocycles. The van der Waals surface area contributed by atoms with E-state index in [4.69, 9.17) is 18.0 Å². The molecule has 0 heterocycles. The second-order valence-electron chi connectivity index (χ2n) is 3.28. The third-order valence-electron chi connectivity index (χ3n) is 2.12. The number of unbranched alkanes of at least 4 members (excludes halogenated alkanes) is 1. The van der Waals surface area contributed by atoms with Crippen LogP contribution in [0.25, 0.3) is 0 Å². The minimum Gasteiger partial charge on any atom is -0.388 e. The zero-order valence-electron chi connectivity index (χ0n) is 8.21. The zero-order valence-corrected chi connectivity index (χ0v) is 10.6. The second-order valence-corrected chi connectivity index (χ2v) is 4.60.